The van der Waals surface area contributed by atoms with E-state index in [9.17, 15) is 14.7 Å². The second-order valence-electron chi connectivity index (χ2n) is 9.55. The summed E-state index contributed by atoms with van der Waals surface area (Å²) >= 11 is 5.08. The van der Waals surface area contributed by atoms with Crippen LogP contribution in [0.25, 0.3) is 11.2 Å². The molecule has 0 bridgehead atoms. The maximum atomic E-state index is 12.7. The van der Waals surface area contributed by atoms with Gasteiger partial charge < -0.3 is 39.6 Å². The first kappa shape index (κ1) is 28.4. The summed E-state index contributed by atoms with van der Waals surface area (Å²) in [5.74, 6) is 0.672. The molecule has 214 valence electrons. The normalized spacial score (nSPS) is 16.8. The number of anilines is 1. The van der Waals surface area contributed by atoms with E-state index in [2.05, 4.69) is 25.9 Å². The molecule has 4 N–H and O–H groups in total. The van der Waals surface area contributed by atoms with E-state index in [1.807, 2.05) is 16.7 Å². The van der Waals surface area contributed by atoms with Gasteiger partial charge in [0.2, 0.25) is 6.79 Å². The Morgan fingerprint density at radius 1 is 1.25 bits per heavy atom. The van der Waals surface area contributed by atoms with Gasteiger partial charge in [0.1, 0.15) is 6.33 Å². The molecule has 2 aliphatic rings. The molecule has 1 fully saturated rings. The zero-order chi connectivity index (χ0) is 28.4. The van der Waals surface area contributed by atoms with Gasteiger partial charge in [-0.15, -0.1) is 0 Å². The lowest BCUT2D eigenvalue weighted by atomic mass is 9.93. The van der Waals surface area contributed by atoms with Crippen LogP contribution in [0.1, 0.15) is 26.2 Å². The fraction of sp³-hybridized carbons (Fsp3) is 0.480. The number of aliphatic hydroxyl groups excluding tert-OH is 2. The number of carbonyl (C=O) groups is 2. The van der Waals surface area contributed by atoms with Crippen molar-refractivity contribution in [3.8, 4) is 11.5 Å². The highest BCUT2D eigenvalue weighted by molar-refractivity contribution is 9.10. The molecular weight excluding hydrogens is 608 g/mol. The van der Waals surface area contributed by atoms with Crippen molar-refractivity contribution in [1.82, 2.24) is 24.4 Å². The van der Waals surface area contributed by atoms with Gasteiger partial charge in [0.05, 0.1) is 6.61 Å². The number of aliphatic hydroxyl groups is 2. The molecule has 0 aliphatic carbocycles. The first-order chi connectivity index (χ1) is 19.2. The van der Waals surface area contributed by atoms with Gasteiger partial charge in [-0.3, -0.25) is 4.79 Å². The first-order valence-electron chi connectivity index (χ1n) is 12.8. The maximum absolute atomic E-state index is 12.7. The summed E-state index contributed by atoms with van der Waals surface area (Å²) in [5, 5.41) is 19.0. The number of rotatable bonds is 9. The van der Waals surface area contributed by atoms with Crippen LogP contribution in [-0.4, -0.2) is 85.2 Å². The number of nitrogens with two attached hydrogens (primary N) is 1. The molecule has 0 radical (unpaired) electrons. The van der Waals surface area contributed by atoms with E-state index < -0.39 is 24.8 Å². The largest absolute Gasteiger partial charge is 0.454 e. The molecule has 5 rings (SSSR count). The number of aromatic nitrogens is 4. The van der Waals surface area contributed by atoms with E-state index in [0.717, 1.165) is 33.8 Å². The second-order valence-corrected chi connectivity index (χ2v) is 11.4. The smallest absolute Gasteiger partial charge is 0.338 e. The van der Waals surface area contributed by atoms with Gasteiger partial charge in [-0.2, -0.15) is 0 Å². The Morgan fingerprint density at radius 2 is 1.98 bits per heavy atom. The van der Waals surface area contributed by atoms with Crippen LogP contribution >= 0.6 is 27.7 Å². The molecule has 15 heteroatoms. The van der Waals surface area contributed by atoms with Crippen molar-refractivity contribution < 1.29 is 34.0 Å². The van der Waals surface area contributed by atoms with Gasteiger partial charge in [0.15, 0.2) is 45.8 Å². The van der Waals surface area contributed by atoms with Gasteiger partial charge in [-0.25, -0.2) is 19.7 Å². The fourth-order valence-corrected chi connectivity index (χ4v) is 6.19. The molecule has 2 atom stereocenters. The van der Waals surface area contributed by atoms with E-state index >= 15 is 0 Å². The van der Waals surface area contributed by atoms with Gasteiger partial charge in [0, 0.05) is 29.0 Å². The van der Waals surface area contributed by atoms with E-state index in [4.69, 9.17) is 30.0 Å². The molecule has 2 aliphatic heterocycles. The van der Waals surface area contributed by atoms with Crippen LogP contribution < -0.4 is 15.2 Å². The summed E-state index contributed by atoms with van der Waals surface area (Å²) < 4.78 is 18.9. The average molecular weight is 638 g/mol. The van der Waals surface area contributed by atoms with Crippen LogP contribution in [0.15, 0.2) is 33.0 Å². The number of likely N-dealkylation sites (tertiary alicyclic amines) is 1. The van der Waals surface area contributed by atoms with Crippen LogP contribution in [0.2, 0.25) is 0 Å². The SMILES string of the molecule is CC(OC(=O)C(O)CO)C(=O)N1CCC(CCn2c(Sc3cc4c(cc3Br)OCO4)nc3c(N)ncnc32)CC1. The number of hydrogen-bond donors (Lipinski definition) is 3. The lowest BCUT2D eigenvalue weighted by Crippen LogP contribution is -2.45. The number of imidazole rings is 1. The van der Waals surface area contributed by atoms with Crippen LogP contribution in [-0.2, 0) is 20.9 Å². The molecule has 40 heavy (non-hydrogen) atoms. The number of amides is 1. The molecule has 1 amide bonds. The molecule has 0 saturated carbocycles. The van der Waals surface area contributed by atoms with Gasteiger partial charge in [0.25, 0.3) is 5.91 Å². The Morgan fingerprint density at radius 3 is 2.70 bits per heavy atom. The van der Waals surface area contributed by atoms with Crippen molar-refractivity contribution in [3.63, 3.8) is 0 Å². The molecule has 0 spiro atoms. The number of nitrogens with zero attached hydrogens (tertiary/aromatic N) is 5. The molecular formula is C25H29BrN6O7S. The van der Waals surface area contributed by atoms with Crippen molar-refractivity contribution in [3.05, 3.63) is 22.9 Å². The number of carbonyl (C=O) groups excluding carboxylic acids is 2. The number of nitrogen functional groups attached to an aromatic ring is 1. The third-order valence-electron chi connectivity index (χ3n) is 6.93. The number of esters is 1. The summed E-state index contributed by atoms with van der Waals surface area (Å²) in [5.41, 5.74) is 7.31. The van der Waals surface area contributed by atoms with Crippen molar-refractivity contribution in [2.75, 3.05) is 32.2 Å². The standard InChI is InChI=1S/C25H29BrN6O7S/c1-13(39-24(36)16(34)10-33)23(35)31-5-2-14(3-6-31)4-7-32-22-20(21(27)28-11-29-22)30-25(32)40-19-9-18-17(8-15(19)26)37-12-38-18/h8-9,11,13-14,16,33-34H,2-7,10,12H2,1H3,(H2,27,28,29). The van der Waals surface area contributed by atoms with E-state index in [1.54, 1.807) is 4.90 Å². The van der Waals surface area contributed by atoms with Gasteiger partial charge in [-0.1, -0.05) is 11.8 Å². The molecule has 3 aromatic rings. The zero-order valence-corrected chi connectivity index (χ0v) is 24.1. The topological polar surface area (TPSA) is 175 Å². The highest BCUT2D eigenvalue weighted by Crippen LogP contribution is 2.43. The minimum Gasteiger partial charge on any atom is -0.454 e. The average Bonchev–Trinajstić information content (AvgIpc) is 3.55. The number of ether oxygens (including phenoxy) is 3. The summed E-state index contributed by atoms with van der Waals surface area (Å²) in [7, 11) is 0. The second kappa shape index (κ2) is 12.2. The van der Waals surface area contributed by atoms with Crippen LogP contribution in [0.3, 0.4) is 0 Å². The number of piperidine rings is 1. The number of aryl methyl sites for hydroxylation is 1. The predicted octanol–water partition coefficient (Wildman–Crippen LogP) is 1.96. The van der Waals surface area contributed by atoms with E-state index in [0.29, 0.717) is 54.0 Å². The number of hydrogen-bond acceptors (Lipinski definition) is 12. The Kier molecular flexibility index (Phi) is 8.63. The Hall–Kier alpha value is -3.14. The van der Waals surface area contributed by atoms with Crippen LogP contribution in [0.5, 0.6) is 11.5 Å². The van der Waals surface area contributed by atoms with Crippen molar-refractivity contribution in [1.29, 1.82) is 0 Å². The Labute approximate surface area is 242 Å². The van der Waals surface area contributed by atoms with Crippen molar-refractivity contribution in [2.45, 2.75) is 55.0 Å². The number of fused-ring (bicyclic) bond motifs is 2. The summed E-state index contributed by atoms with van der Waals surface area (Å²) in [6.45, 7) is 2.58. The monoisotopic (exact) mass is 636 g/mol. The van der Waals surface area contributed by atoms with Crippen molar-refractivity contribution in [2.24, 2.45) is 5.92 Å². The number of benzene rings is 1. The van der Waals surface area contributed by atoms with Gasteiger partial charge >= 0.3 is 5.97 Å². The molecule has 2 unspecified atom stereocenters. The van der Waals surface area contributed by atoms with Crippen LogP contribution in [0.4, 0.5) is 5.82 Å². The summed E-state index contributed by atoms with van der Waals surface area (Å²) in [6, 6.07) is 3.78. The highest BCUT2D eigenvalue weighted by Gasteiger charge is 2.30. The maximum Gasteiger partial charge on any atom is 0.338 e. The third-order valence-corrected chi connectivity index (χ3v) is 8.90. The third kappa shape index (κ3) is 5.96. The first-order valence-corrected chi connectivity index (χ1v) is 14.4. The Bertz CT molecular complexity index is 1410. The fourth-order valence-electron chi connectivity index (χ4n) is 4.68. The molecule has 13 nitrogen and oxygen atoms in total. The summed E-state index contributed by atoms with van der Waals surface area (Å²) in [4.78, 5) is 40.3. The van der Waals surface area contributed by atoms with E-state index in [-0.39, 0.29) is 12.7 Å². The number of halogens is 1. The molecule has 4 heterocycles. The minimum atomic E-state index is -1.66. The van der Waals surface area contributed by atoms with E-state index in [1.165, 1.54) is 25.0 Å². The lowest BCUT2D eigenvalue weighted by Gasteiger charge is -2.33. The van der Waals surface area contributed by atoms with Crippen molar-refractivity contribution >= 4 is 56.6 Å². The Balaban J connectivity index is 1.24. The van der Waals surface area contributed by atoms with Crippen LogP contribution in [0, 0.1) is 5.92 Å². The lowest BCUT2D eigenvalue weighted by molar-refractivity contribution is -0.168. The quantitative estimate of drug-likeness (QED) is 0.292. The minimum absolute atomic E-state index is 0.182. The zero-order valence-electron chi connectivity index (χ0n) is 21.7. The highest BCUT2D eigenvalue weighted by atomic mass is 79.9. The van der Waals surface area contributed by atoms with Gasteiger partial charge in [-0.05, 0) is 60.2 Å². The molecule has 2 aromatic heterocycles. The molecule has 1 saturated heterocycles. The summed E-state index contributed by atoms with van der Waals surface area (Å²) in [6.07, 6.45) is 1.13. The molecule has 1 aromatic carbocycles. The predicted molar refractivity (Wildman–Crippen MR) is 147 cm³/mol.